The van der Waals surface area contributed by atoms with Gasteiger partial charge in [-0.05, 0) is 12.5 Å². The molecule has 2 N–H and O–H groups in total. The van der Waals surface area contributed by atoms with E-state index in [0.717, 1.165) is 5.56 Å². The summed E-state index contributed by atoms with van der Waals surface area (Å²) in [6.45, 7) is 2.03. The molecule has 170 valence electrons. The normalized spacial score (nSPS) is 11.6. The van der Waals surface area contributed by atoms with Crippen LogP contribution >= 0.6 is 24.0 Å². The second-order valence-corrected chi connectivity index (χ2v) is 6.77. The summed E-state index contributed by atoms with van der Waals surface area (Å²) in [5, 5.41) is 6.56. The number of amides is 1. The summed E-state index contributed by atoms with van der Waals surface area (Å²) in [6.07, 6.45) is 0. The van der Waals surface area contributed by atoms with Crippen molar-refractivity contribution in [2.75, 3.05) is 47.3 Å². The predicted octanol–water partition coefficient (Wildman–Crippen LogP) is 3.54. The second-order valence-electron chi connectivity index (χ2n) is 6.77. The summed E-state index contributed by atoms with van der Waals surface area (Å²) in [5.41, 5.74) is 1.77. The lowest BCUT2D eigenvalue weighted by atomic mass is 10.1. The van der Waals surface area contributed by atoms with E-state index in [0.29, 0.717) is 28.9 Å². The van der Waals surface area contributed by atoms with E-state index in [1.165, 1.54) is 4.90 Å². The molecule has 0 aliphatic rings. The molecule has 0 bridgehead atoms. The Hall–Kier alpha value is -2.69. The van der Waals surface area contributed by atoms with Gasteiger partial charge in [-0.25, -0.2) is 4.99 Å². The van der Waals surface area contributed by atoms with Crippen molar-refractivity contribution in [3.63, 3.8) is 0 Å². The maximum absolute atomic E-state index is 12.0. The van der Waals surface area contributed by atoms with Gasteiger partial charge in [-0.2, -0.15) is 0 Å². The van der Waals surface area contributed by atoms with Crippen molar-refractivity contribution < 1.29 is 19.0 Å². The molecule has 0 saturated heterocycles. The Morgan fingerprint density at radius 3 is 2.10 bits per heavy atom. The molecule has 1 unspecified atom stereocenters. The van der Waals surface area contributed by atoms with Gasteiger partial charge in [0.25, 0.3) is 0 Å². The summed E-state index contributed by atoms with van der Waals surface area (Å²) in [7, 11) is 8.06. The molecule has 1 atom stereocenters. The van der Waals surface area contributed by atoms with E-state index in [1.54, 1.807) is 47.6 Å². The average Bonchev–Trinajstić information content (AvgIpc) is 2.76. The van der Waals surface area contributed by atoms with Gasteiger partial charge in [0, 0.05) is 31.9 Å². The van der Waals surface area contributed by atoms with E-state index in [9.17, 15) is 4.79 Å². The van der Waals surface area contributed by atoms with Gasteiger partial charge in [0.05, 0.1) is 27.4 Å². The Labute approximate surface area is 201 Å². The molecule has 1 amide bonds. The molecule has 31 heavy (non-hydrogen) atoms. The van der Waals surface area contributed by atoms with Gasteiger partial charge in [0.1, 0.15) is 6.54 Å². The number of guanidine groups is 1. The first-order valence-corrected chi connectivity index (χ1v) is 9.52. The maximum atomic E-state index is 12.0. The van der Waals surface area contributed by atoms with Crippen LogP contribution in [0.4, 0.5) is 5.69 Å². The van der Waals surface area contributed by atoms with Crippen LogP contribution in [0.3, 0.4) is 0 Å². The highest BCUT2D eigenvalue weighted by Gasteiger charge is 2.15. The number of carbonyl (C=O) groups is 1. The minimum absolute atomic E-state index is 0. The lowest BCUT2D eigenvalue weighted by molar-refractivity contribution is -0.127. The van der Waals surface area contributed by atoms with E-state index >= 15 is 0 Å². The van der Waals surface area contributed by atoms with Crippen LogP contribution in [-0.2, 0) is 4.79 Å². The number of anilines is 1. The molecule has 9 heteroatoms. The Bertz CT molecular complexity index is 850. The van der Waals surface area contributed by atoms with E-state index in [1.807, 2.05) is 37.3 Å². The molecular formula is C22H31IN4O4. The van der Waals surface area contributed by atoms with Crippen molar-refractivity contribution in [2.24, 2.45) is 4.99 Å². The van der Waals surface area contributed by atoms with Crippen LogP contribution in [0, 0.1) is 0 Å². The number of nitrogens with one attached hydrogen (secondary N) is 2. The Kier molecular flexibility index (Phi) is 10.9. The molecule has 0 saturated carbocycles. The number of carbonyl (C=O) groups excluding carboxylic acids is 1. The smallest absolute Gasteiger partial charge is 0.243 e. The Morgan fingerprint density at radius 2 is 1.61 bits per heavy atom. The first kappa shape index (κ1) is 26.3. The molecule has 0 spiro atoms. The number of halogens is 1. The standard InChI is InChI=1S/C22H30N4O4.HI/c1-15(16-10-8-7-9-11-16)24-22(23-14-20(27)26(2)3)25-17-12-18(28-4)21(30-6)19(13-17)29-5;/h7-13,15H,14H2,1-6H3,(H2,23,24,25);1H. The molecule has 0 aliphatic heterocycles. The Balaban J connectivity index is 0.00000480. The van der Waals surface area contributed by atoms with Crippen LogP contribution in [-0.4, -0.2) is 58.7 Å². The third-order valence-electron chi connectivity index (χ3n) is 4.45. The molecule has 2 rings (SSSR count). The lowest BCUT2D eigenvalue weighted by Gasteiger charge is -2.20. The molecule has 0 aliphatic carbocycles. The van der Waals surface area contributed by atoms with Crippen molar-refractivity contribution in [3.8, 4) is 17.2 Å². The van der Waals surface area contributed by atoms with Gasteiger partial charge in [-0.1, -0.05) is 30.3 Å². The van der Waals surface area contributed by atoms with Crippen LogP contribution in [0.15, 0.2) is 47.5 Å². The van der Waals surface area contributed by atoms with E-state index in [4.69, 9.17) is 14.2 Å². The summed E-state index contributed by atoms with van der Waals surface area (Å²) < 4.78 is 16.2. The largest absolute Gasteiger partial charge is 0.493 e. The number of ether oxygens (including phenoxy) is 3. The van der Waals surface area contributed by atoms with Crippen LogP contribution in [0.1, 0.15) is 18.5 Å². The SMILES string of the molecule is COc1cc(NC(=NCC(=O)N(C)C)NC(C)c2ccccc2)cc(OC)c1OC.I. The molecule has 0 fully saturated rings. The molecule has 8 nitrogen and oxygen atoms in total. The number of rotatable bonds is 8. The van der Waals surface area contributed by atoms with Crippen molar-refractivity contribution in [3.05, 3.63) is 48.0 Å². The predicted molar refractivity (Wildman–Crippen MR) is 134 cm³/mol. The number of likely N-dealkylation sites (N-methyl/N-ethyl adjacent to an activating group) is 1. The van der Waals surface area contributed by atoms with Gasteiger partial charge in [-0.15, -0.1) is 24.0 Å². The Morgan fingerprint density at radius 1 is 1.03 bits per heavy atom. The minimum Gasteiger partial charge on any atom is -0.493 e. The molecule has 0 radical (unpaired) electrons. The monoisotopic (exact) mass is 542 g/mol. The van der Waals surface area contributed by atoms with E-state index in [2.05, 4.69) is 15.6 Å². The quantitative estimate of drug-likeness (QED) is 0.302. The average molecular weight is 542 g/mol. The third kappa shape index (κ3) is 7.50. The van der Waals surface area contributed by atoms with E-state index < -0.39 is 0 Å². The number of aliphatic imine (C=N–C) groups is 1. The maximum Gasteiger partial charge on any atom is 0.243 e. The van der Waals surface area contributed by atoms with Crippen molar-refractivity contribution in [2.45, 2.75) is 13.0 Å². The van der Waals surface area contributed by atoms with Crippen molar-refractivity contribution in [1.82, 2.24) is 10.2 Å². The minimum atomic E-state index is -0.103. The van der Waals surface area contributed by atoms with Gasteiger partial charge in [-0.3, -0.25) is 4.79 Å². The molecule has 0 heterocycles. The first-order valence-electron chi connectivity index (χ1n) is 9.52. The van der Waals surface area contributed by atoms with Gasteiger partial charge in [0.15, 0.2) is 17.5 Å². The molecule has 0 aromatic heterocycles. The van der Waals surface area contributed by atoms with E-state index in [-0.39, 0.29) is 42.5 Å². The zero-order valence-electron chi connectivity index (χ0n) is 18.8. The summed E-state index contributed by atoms with van der Waals surface area (Å²) >= 11 is 0. The second kappa shape index (κ2) is 12.9. The fraction of sp³-hybridized carbons (Fsp3) is 0.364. The lowest BCUT2D eigenvalue weighted by Crippen LogP contribution is -2.34. The zero-order chi connectivity index (χ0) is 22.1. The van der Waals surface area contributed by atoms with Gasteiger partial charge in [0.2, 0.25) is 11.7 Å². The fourth-order valence-electron chi connectivity index (χ4n) is 2.73. The van der Waals surface area contributed by atoms with Crippen molar-refractivity contribution in [1.29, 1.82) is 0 Å². The van der Waals surface area contributed by atoms with Gasteiger partial charge >= 0.3 is 0 Å². The number of nitrogens with zero attached hydrogens (tertiary/aromatic N) is 2. The van der Waals surface area contributed by atoms with Gasteiger partial charge < -0.3 is 29.7 Å². The highest BCUT2D eigenvalue weighted by atomic mass is 127. The highest BCUT2D eigenvalue weighted by Crippen LogP contribution is 2.39. The van der Waals surface area contributed by atoms with Crippen LogP contribution in [0.25, 0.3) is 0 Å². The molecule has 2 aromatic carbocycles. The summed E-state index contributed by atoms with van der Waals surface area (Å²) in [4.78, 5) is 18.0. The van der Waals surface area contributed by atoms with Crippen LogP contribution in [0.2, 0.25) is 0 Å². The number of hydrogen-bond donors (Lipinski definition) is 2. The topological polar surface area (TPSA) is 84.4 Å². The zero-order valence-corrected chi connectivity index (χ0v) is 21.1. The van der Waals surface area contributed by atoms with Crippen LogP contribution in [0.5, 0.6) is 17.2 Å². The summed E-state index contributed by atoms with van der Waals surface area (Å²) in [6, 6.07) is 13.5. The first-order chi connectivity index (χ1) is 14.4. The number of benzene rings is 2. The van der Waals surface area contributed by atoms with Crippen molar-refractivity contribution >= 4 is 41.5 Å². The number of methoxy groups -OCH3 is 3. The van der Waals surface area contributed by atoms with Crippen LogP contribution < -0.4 is 24.8 Å². The fourth-order valence-corrected chi connectivity index (χ4v) is 2.73. The summed E-state index contributed by atoms with van der Waals surface area (Å²) in [5.74, 6) is 1.87. The number of hydrogen-bond acceptors (Lipinski definition) is 5. The molecular weight excluding hydrogens is 511 g/mol. The molecule has 2 aromatic rings. The highest BCUT2D eigenvalue weighted by molar-refractivity contribution is 14.0. The third-order valence-corrected chi connectivity index (χ3v) is 4.45.